The fraction of sp³-hybridized carbons (Fsp3) is 0.364. The smallest absolute Gasteiger partial charge is 0.235 e. The van der Waals surface area contributed by atoms with E-state index in [4.69, 9.17) is 0 Å². The molecule has 0 fully saturated rings. The standard InChI is InChI=1S/C11H13BrN4/c1-2-3-10-13-4-5-16(10)11-14-7-9(6-12)8-15-11/h4-5,7-8H,2-3,6H2,1H3. The molecule has 2 heterocycles. The number of imidazole rings is 1. The summed E-state index contributed by atoms with van der Waals surface area (Å²) < 4.78 is 1.93. The Bertz CT molecular complexity index is 449. The molecule has 0 aromatic carbocycles. The van der Waals surface area contributed by atoms with Crippen molar-refractivity contribution < 1.29 is 0 Å². The van der Waals surface area contributed by atoms with Crippen LogP contribution in [0.25, 0.3) is 5.95 Å². The van der Waals surface area contributed by atoms with Crippen molar-refractivity contribution in [2.24, 2.45) is 0 Å². The highest BCUT2D eigenvalue weighted by Crippen LogP contribution is 2.08. The average molecular weight is 281 g/mol. The molecule has 0 N–H and O–H groups in total. The maximum absolute atomic E-state index is 4.32. The van der Waals surface area contributed by atoms with Gasteiger partial charge in [-0.2, -0.15) is 0 Å². The predicted octanol–water partition coefficient (Wildman–Crippen LogP) is 2.51. The lowest BCUT2D eigenvalue weighted by atomic mass is 10.3. The minimum Gasteiger partial charge on any atom is -0.272 e. The second-order valence-corrected chi connectivity index (χ2v) is 4.05. The molecule has 4 nitrogen and oxygen atoms in total. The number of hydrogen-bond donors (Lipinski definition) is 0. The molecule has 2 aromatic rings. The molecule has 0 saturated carbocycles. The number of nitrogens with zero attached hydrogens (tertiary/aromatic N) is 4. The number of alkyl halides is 1. The van der Waals surface area contributed by atoms with Crippen molar-refractivity contribution in [3.8, 4) is 5.95 Å². The van der Waals surface area contributed by atoms with Crippen LogP contribution in [0.15, 0.2) is 24.8 Å². The third-order valence-electron chi connectivity index (χ3n) is 2.25. The van der Waals surface area contributed by atoms with E-state index >= 15 is 0 Å². The van der Waals surface area contributed by atoms with E-state index in [0.29, 0.717) is 5.95 Å². The van der Waals surface area contributed by atoms with Crippen LogP contribution in [-0.4, -0.2) is 19.5 Å². The summed E-state index contributed by atoms with van der Waals surface area (Å²) in [4.78, 5) is 12.9. The van der Waals surface area contributed by atoms with E-state index in [-0.39, 0.29) is 0 Å². The van der Waals surface area contributed by atoms with Crippen LogP contribution in [-0.2, 0) is 11.8 Å². The quantitative estimate of drug-likeness (QED) is 0.809. The van der Waals surface area contributed by atoms with Gasteiger partial charge >= 0.3 is 0 Å². The monoisotopic (exact) mass is 280 g/mol. The molecule has 5 heteroatoms. The highest BCUT2D eigenvalue weighted by Gasteiger charge is 2.05. The zero-order valence-electron chi connectivity index (χ0n) is 9.10. The van der Waals surface area contributed by atoms with Crippen molar-refractivity contribution in [3.63, 3.8) is 0 Å². The zero-order chi connectivity index (χ0) is 11.4. The Hall–Kier alpha value is -1.23. The molecule has 0 bridgehead atoms. The minimum absolute atomic E-state index is 0.686. The van der Waals surface area contributed by atoms with Gasteiger partial charge in [0.2, 0.25) is 5.95 Å². The summed E-state index contributed by atoms with van der Waals surface area (Å²) >= 11 is 3.37. The number of aromatic nitrogens is 4. The van der Waals surface area contributed by atoms with Gasteiger partial charge in [-0.25, -0.2) is 15.0 Å². The summed E-state index contributed by atoms with van der Waals surface area (Å²) in [6.07, 6.45) is 9.34. The molecule has 84 valence electrons. The van der Waals surface area contributed by atoms with Crippen LogP contribution >= 0.6 is 15.9 Å². The summed E-state index contributed by atoms with van der Waals surface area (Å²) in [6.45, 7) is 2.13. The molecule has 0 atom stereocenters. The Morgan fingerprint density at radius 3 is 2.62 bits per heavy atom. The lowest BCUT2D eigenvalue weighted by Gasteiger charge is -2.05. The van der Waals surface area contributed by atoms with Crippen LogP contribution in [0.4, 0.5) is 0 Å². The number of rotatable bonds is 4. The van der Waals surface area contributed by atoms with Crippen LogP contribution in [0.2, 0.25) is 0 Å². The summed E-state index contributed by atoms with van der Waals surface area (Å²) in [5.41, 5.74) is 1.07. The van der Waals surface area contributed by atoms with Gasteiger partial charge in [-0.05, 0) is 12.0 Å². The summed E-state index contributed by atoms with van der Waals surface area (Å²) in [5.74, 6) is 1.69. The fourth-order valence-corrected chi connectivity index (χ4v) is 1.76. The minimum atomic E-state index is 0.686. The Balaban J connectivity index is 2.31. The molecule has 0 unspecified atom stereocenters. The lowest BCUT2D eigenvalue weighted by Crippen LogP contribution is -2.05. The van der Waals surface area contributed by atoms with Crippen molar-refractivity contribution in [1.82, 2.24) is 19.5 Å². The van der Waals surface area contributed by atoms with Gasteiger partial charge in [-0.15, -0.1) is 0 Å². The average Bonchev–Trinajstić information content (AvgIpc) is 2.78. The summed E-state index contributed by atoms with van der Waals surface area (Å²) in [5, 5.41) is 0.777. The molecular formula is C11H13BrN4. The first kappa shape index (κ1) is 11.3. The van der Waals surface area contributed by atoms with Gasteiger partial charge in [0, 0.05) is 36.5 Å². The molecule has 0 amide bonds. The Kier molecular flexibility index (Phi) is 3.66. The first-order chi connectivity index (χ1) is 7.85. The van der Waals surface area contributed by atoms with Gasteiger partial charge in [-0.3, -0.25) is 4.57 Å². The lowest BCUT2D eigenvalue weighted by molar-refractivity contribution is 0.781. The molecule has 0 saturated heterocycles. The molecule has 0 spiro atoms. The van der Waals surface area contributed by atoms with E-state index < -0.39 is 0 Å². The molecule has 0 radical (unpaired) electrons. The van der Waals surface area contributed by atoms with Crippen LogP contribution in [0.3, 0.4) is 0 Å². The Morgan fingerprint density at radius 2 is 2.00 bits per heavy atom. The molecule has 0 aliphatic heterocycles. The number of aryl methyl sites for hydroxylation is 1. The fourth-order valence-electron chi connectivity index (χ4n) is 1.47. The van der Waals surface area contributed by atoms with Crippen LogP contribution in [0.1, 0.15) is 24.7 Å². The first-order valence-corrected chi connectivity index (χ1v) is 6.36. The van der Waals surface area contributed by atoms with Crippen LogP contribution < -0.4 is 0 Å². The number of hydrogen-bond acceptors (Lipinski definition) is 3. The van der Waals surface area contributed by atoms with E-state index in [1.54, 1.807) is 6.20 Å². The van der Waals surface area contributed by atoms with Gasteiger partial charge in [-0.1, -0.05) is 22.9 Å². The van der Waals surface area contributed by atoms with Gasteiger partial charge in [0.25, 0.3) is 0 Å². The maximum Gasteiger partial charge on any atom is 0.235 e. The van der Waals surface area contributed by atoms with Crippen LogP contribution in [0.5, 0.6) is 0 Å². The van der Waals surface area contributed by atoms with Gasteiger partial charge in [0.15, 0.2) is 0 Å². The molecular weight excluding hydrogens is 268 g/mol. The van der Waals surface area contributed by atoms with Crippen molar-refractivity contribution in [2.75, 3.05) is 0 Å². The third kappa shape index (κ3) is 2.29. The normalized spacial score (nSPS) is 10.6. The highest BCUT2D eigenvalue weighted by molar-refractivity contribution is 9.08. The molecule has 16 heavy (non-hydrogen) atoms. The highest BCUT2D eigenvalue weighted by atomic mass is 79.9. The predicted molar refractivity (Wildman–Crippen MR) is 65.8 cm³/mol. The van der Waals surface area contributed by atoms with Crippen molar-refractivity contribution in [2.45, 2.75) is 25.1 Å². The van der Waals surface area contributed by atoms with Gasteiger partial charge < -0.3 is 0 Å². The van der Waals surface area contributed by atoms with Gasteiger partial charge in [0.05, 0.1) is 0 Å². The molecule has 0 aliphatic carbocycles. The Labute approximate surface area is 103 Å². The second kappa shape index (κ2) is 5.21. The van der Waals surface area contributed by atoms with E-state index in [0.717, 1.165) is 29.6 Å². The van der Waals surface area contributed by atoms with Crippen LogP contribution in [0, 0.1) is 0 Å². The molecule has 2 aromatic heterocycles. The van der Waals surface area contributed by atoms with E-state index in [1.807, 2.05) is 23.2 Å². The Morgan fingerprint density at radius 1 is 1.25 bits per heavy atom. The van der Waals surface area contributed by atoms with E-state index in [2.05, 4.69) is 37.8 Å². The molecule has 0 aliphatic rings. The van der Waals surface area contributed by atoms with Crippen molar-refractivity contribution in [3.05, 3.63) is 36.2 Å². The number of halogens is 1. The molecule has 2 rings (SSSR count). The summed E-state index contributed by atoms with van der Waals surface area (Å²) in [6, 6.07) is 0. The first-order valence-electron chi connectivity index (χ1n) is 5.24. The second-order valence-electron chi connectivity index (χ2n) is 3.49. The topological polar surface area (TPSA) is 43.6 Å². The van der Waals surface area contributed by atoms with Gasteiger partial charge in [0.1, 0.15) is 5.82 Å². The van der Waals surface area contributed by atoms with E-state index in [9.17, 15) is 0 Å². The van der Waals surface area contributed by atoms with Crippen molar-refractivity contribution in [1.29, 1.82) is 0 Å². The third-order valence-corrected chi connectivity index (χ3v) is 2.90. The largest absolute Gasteiger partial charge is 0.272 e. The zero-order valence-corrected chi connectivity index (χ0v) is 10.7. The SMILES string of the molecule is CCCc1nccn1-c1ncc(CBr)cn1. The van der Waals surface area contributed by atoms with E-state index in [1.165, 1.54) is 0 Å². The summed E-state index contributed by atoms with van der Waals surface area (Å²) in [7, 11) is 0. The van der Waals surface area contributed by atoms with Crippen molar-refractivity contribution >= 4 is 15.9 Å². The maximum atomic E-state index is 4.32.